The van der Waals surface area contributed by atoms with Gasteiger partial charge in [0.25, 0.3) is 5.56 Å². The third-order valence-electron chi connectivity index (χ3n) is 5.30. The zero-order valence-electron chi connectivity index (χ0n) is 14.1. The van der Waals surface area contributed by atoms with Crippen LogP contribution in [0.4, 0.5) is 4.39 Å². The fraction of sp³-hybridized carbons (Fsp3) is 0.333. The second kappa shape index (κ2) is 5.28. The lowest BCUT2D eigenvalue weighted by Crippen LogP contribution is -2.44. The van der Waals surface area contributed by atoms with Crippen molar-refractivity contribution in [3.63, 3.8) is 0 Å². The van der Waals surface area contributed by atoms with E-state index in [1.54, 1.807) is 18.3 Å². The van der Waals surface area contributed by atoms with Gasteiger partial charge in [-0.25, -0.2) is 9.18 Å². The number of rotatable bonds is 2. The Morgan fingerprint density at radius 3 is 2.77 bits per heavy atom. The van der Waals surface area contributed by atoms with Crippen LogP contribution in [0, 0.1) is 12.7 Å². The summed E-state index contributed by atoms with van der Waals surface area (Å²) in [5.41, 5.74) is 2.11. The molecule has 26 heavy (non-hydrogen) atoms. The molecule has 134 valence electrons. The summed E-state index contributed by atoms with van der Waals surface area (Å²) in [7, 11) is 0. The lowest BCUT2D eigenvalue weighted by atomic mass is 10.0. The van der Waals surface area contributed by atoms with Crippen LogP contribution >= 0.6 is 11.3 Å². The minimum atomic E-state index is -0.721. The molecule has 0 saturated heterocycles. The van der Waals surface area contributed by atoms with E-state index in [2.05, 4.69) is 5.32 Å². The van der Waals surface area contributed by atoms with Crippen LogP contribution in [0.25, 0.3) is 16.0 Å². The van der Waals surface area contributed by atoms with Crippen LogP contribution in [0.15, 0.2) is 21.9 Å². The topological polar surface area (TPSA) is 81.5 Å². The van der Waals surface area contributed by atoms with Crippen molar-refractivity contribution >= 4 is 16.9 Å². The zero-order valence-corrected chi connectivity index (χ0v) is 15.0. The molecule has 3 N–H and O–H groups in total. The Labute approximate surface area is 151 Å². The molecule has 1 saturated carbocycles. The van der Waals surface area contributed by atoms with Crippen LogP contribution in [0.1, 0.15) is 40.3 Å². The summed E-state index contributed by atoms with van der Waals surface area (Å²) in [6.45, 7) is 3.35. The smallest absolute Gasteiger partial charge is 0.332 e. The summed E-state index contributed by atoms with van der Waals surface area (Å²) in [4.78, 5) is 27.1. The van der Waals surface area contributed by atoms with Gasteiger partial charge in [-0.05, 0) is 42.9 Å². The normalized spacial score (nSPS) is 16.4. The van der Waals surface area contributed by atoms with Crippen molar-refractivity contribution in [3.05, 3.63) is 60.5 Å². The van der Waals surface area contributed by atoms with Crippen molar-refractivity contribution in [3.8, 4) is 10.4 Å². The largest absolute Gasteiger partial charge is 0.354 e. The van der Waals surface area contributed by atoms with Gasteiger partial charge in [-0.2, -0.15) is 4.68 Å². The van der Waals surface area contributed by atoms with E-state index < -0.39 is 17.1 Å². The minimum absolute atomic E-state index is 0.0856. The molecule has 3 aromatic rings. The Bertz CT molecular complexity index is 1180. The number of thiophene rings is 1. The van der Waals surface area contributed by atoms with Crippen LogP contribution in [0.5, 0.6) is 0 Å². The maximum atomic E-state index is 15.0. The standard InChI is InChI=1S/C18H17FN4O2S/c1-8-14(12-4-10-5-21-6-13(10)26-12)11(19)7-22-16(8)15(9-2-3-9)17(24)23(20)18(22)25/h4,7,9,21H,2-3,5-6,20H2,1H3. The highest BCUT2D eigenvalue weighted by Crippen LogP contribution is 2.43. The van der Waals surface area contributed by atoms with Gasteiger partial charge in [-0.3, -0.25) is 9.20 Å². The van der Waals surface area contributed by atoms with Gasteiger partial charge >= 0.3 is 5.69 Å². The van der Waals surface area contributed by atoms with E-state index in [9.17, 15) is 14.0 Å². The SMILES string of the molecule is Cc1c(-c2cc3c(s2)CNC3)c(F)cn2c(=O)n(N)c(=O)c(C3CC3)c12. The highest BCUT2D eigenvalue weighted by molar-refractivity contribution is 7.15. The summed E-state index contributed by atoms with van der Waals surface area (Å²) in [6.07, 6.45) is 2.93. The first kappa shape index (κ1) is 15.8. The van der Waals surface area contributed by atoms with Gasteiger partial charge in [0.05, 0.1) is 11.7 Å². The highest BCUT2D eigenvalue weighted by Gasteiger charge is 2.32. The number of hydrogen-bond acceptors (Lipinski definition) is 5. The number of aromatic nitrogens is 2. The zero-order chi connectivity index (χ0) is 18.2. The lowest BCUT2D eigenvalue weighted by Gasteiger charge is -2.15. The quantitative estimate of drug-likeness (QED) is 0.673. The highest BCUT2D eigenvalue weighted by atomic mass is 32.1. The number of nitrogens with zero attached hydrogens (tertiary/aromatic N) is 2. The van der Waals surface area contributed by atoms with Crippen LogP contribution in [-0.2, 0) is 13.1 Å². The molecular formula is C18H17FN4O2S. The molecule has 0 aromatic carbocycles. The average Bonchev–Trinajstić information content (AvgIpc) is 3.21. The van der Waals surface area contributed by atoms with Crippen LogP contribution in [0.3, 0.4) is 0 Å². The molecule has 5 rings (SSSR count). The molecule has 0 radical (unpaired) electrons. The second-order valence-electron chi connectivity index (χ2n) is 7.00. The Morgan fingerprint density at radius 1 is 1.31 bits per heavy atom. The maximum absolute atomic E-state index is 15.0. The van der Waals surface area contributed by atoms with Gasteiger partial charge in [0, 0.05) is 34.0 Å². The maximum Gasteiger partial charge on any atom is 0.354 e. The fourth-order valence-corrected chi connectivity index (χ4v) is 5.14. The molecule has 4 heterocycles. The lowest BCUT2D eigenvalue weighted by molar-refractivity contribution is 0.616. The van der Waals surface area contributed by atoms with Gasteiger partial charge in [0.2, 0.25) is 0 Å². The van der Waals surface area contributed by atoms with Crippen molar-refractivity contribution < 1.29 is 4.39 Å². The Balaban J connectivity index is 1.89. The molecule has 0 bridgehead atoms. The number of fused-ring (bicyclic) bond motifs is 2. The molecule has 6 nitrogen and oxygen atoms in total. The van der Waals surface area contributed by atoms with E-state index in [0.717, 1.165) is 37.0 Å². The number of nitrogens with two attached hydrogens (primary N) is 1. The van der Waals surface area contributed by atoms with E-state index in [-0.39, 0.29) is 5.92 Å². The number of aryl methyl sites for hydroxylation is 1. The fourth-order valence-electron chi connectivity index (χ4n) is 3.88. The van der Waals surface area contributed by atoms with E-state index >= 15 is 0 Å². The van der Waals surface area contributed by atoms with Crippen LogP contribution in [0.2, 0.25) is 0 Å². The monoisotopic (exact) mass is 372 g/mol. The van der Waals surface area contributed by atoms with Gasteiger partial charge in [-0.1, -0.05) is 0 Å². The predicted octanol–water partition coefficient (Wildman–Crippen LogP) is 1.83. The Kier molecular flexibility index (Phi) is 3.20. The van der Waals surface area contributed by atoms with Gasteiger partial charge < -0.3 is 11.2 Å². The van der Waals surface area contributed by atoms with Crippen molar-refractivity contribution in [2.45, 2.75) is 38.8 Å². The molecule has 1 aliphatic carbocycles. The first-order valence-corrected chi connectivity index (χ1v) is 9.37. The Hall–Kier alpha value is -2.45. The van der Waals surface area contributed by atoms with Gasteiger partial charge in [0.1, 0.15) is 5.82 Å². The molecule has 0 unspecified atom stereocenters. The Morgan fingerprint density at radius 2 is 2.08 bits per heavy atom. The van der Waals surface area contributed by atoms with E-state index in [1.165, 1.54) is 14.8 Å². The second-order valence-corrected chi connectivity index (χ2v) is 8.14. The van der Waals surface area contributed by atoms with E-state index in [0.29, 0.717) is 26.9 Å². The number of nitrogen functional groups attached to an aromatic ring is 1. The number of hydrogen-bond donors (Lipinski definition) is 2. The van der Waals surface area contributed by atoms with Gasteiger partial charge in [0.15, 0.2) is 0 Å². The molecule has 0 spiro atoms. The predicted molar refractivity (Wildman–Crippen MR) is 98.6 cm³/mol. The minimum Gasteiger partial charge on any atom is -0.332 e. The van der Waals surface area contributed by atoms with Crippen LogP contribution < -0.4 is 22.4 Å². The van der Waals surface area contributed by atoms with E-state index in [1.807, 2.05) is 6.07 Å². The average molecular weight is 372 g/mol. The van der Waals surface area contributed by atoms with Crippen molar-refractivity contribution in [1.29, 1.82) is 0 Å². The van der Waals surface area contributed by atoms with Gasteiger partial charge in [-0.15, -0.1) is 11.3 Å². The third-order valence-corrected chi connectivity index (χ3v) is 6.49. The van der Waals surface area contributed by atoms with Crippen molar-refractivity contribution in [1.82, 2.24) is 14.4 Å². The van der Waals surface area contributed by atoms with Crippen LogP contribution in [-0.4, -0.2) is 9.08 Å². The first-order valence-electron chi connectivity index (χ1n) is 8.55. The first-order chi connectivity index (χ1) is 12.5. The summed E-state index contributed by atoms with van der Waals surface area (Å²) in [5, 5.41) is 3.27. The number of nitrogens with one attached hydrogen (secondary N) is 1. The molecule has 8 heteroatoms. The van der Waals surface area contributed by atoms with E-state index in [4.69, 9.17) is 5.84 Å². The molecule has 3 aromatic heterocycles. The molecular weight excluding hydrogens is 355 g/mol. The molecule has 1 fully saturated rings. The summed E-state index contributed by atoms with van der Waals surface area (Å²) >= 11 is 1.56. The number of halogens is 1. The third kappa shape index (κ3) is 2.05. The molecule has 0 atom stereocenters. The molecule has 2 aliphatic rings. The molecule has 1 aliphatic heterocycles. The van der Waals surface area contributed by atoms with Crippen molar-refractivity contribution in [2.24, 2.45) is 0 Å². The van der Waals surface area contributed by atoms with Crippen molar-refractivity contribution in [2.75, 3.05) is 5.84 Å². The summed E-state index contributed by atoms with van der Waals surface area (Å²) in [5.74, 6) is 5.26. The molecule has 0 amide bonds. The number of pyridine rings is 1. The summed E-state index contributed by atoms with van der Waals surface area (Å²) < 4.78 is 16.8. The summed E-state index contributed by atoms with van der Waals surface area (Å²) in [6, 6.07) is 2.00.